The molecule has 0 aromatic heterocycles. The van der Waals surface area contributed by atoms with E-state index in [4.69, 9.17) is 9.84 Å². The molecule has 2 saturated heterocycles. The Bertz CT molecular complexity index is 300. The summed E-state index contributed by atoms with van der Waals surface area (Å²) >= 11 is 0. The molecular weight excluding hydrogens is 220 g/mol. The van der Waals surface area contributed by atoms with Gasteiger partial charge in [-0.3, -0.25) is 4.79 Å². The maximum atomic E-state index is 10.3. The second-order valence-electron chi connectivity index (χ2n) is 4.94. The van der Waals surface area contributed by atoms with Crippen molar-refractivity contribution in [1.29, 1.82) is 0 Å². The third-order valence-electron chi connectivity index (χ3n) is 3.90. The third kappa shape index (κ3) is 2.87. The lowest BCUT2D eigenvalue weighted by Crippen LogP contribution is -2.29. The summed E-state index contributed by atoms with van der Waals surface area (Å²) in [6.45, 7) is 0.203. The van der Waals surface area contributed by atoms with Gasteiger partial charge < -0.3 is 14.9 Å². The van der Waals surface area contributed by atoms with Crippen molar-refractivity contribution in [2.75, 3.05) is 6.61 Å². The van der Waals surface area contributed by atoms with Crippen molar-refractivity contribution < 1.29 is 19.7 Å². The molecule has 4 heteroatoms. The van der Waals surface area contributed by atoms with Gasteiger partial charge in [-0.25, -0.2) is 0 Å². The van der Waals surface area contributed by atoms with E-state index in [2.05, 4.69) is 0 Å². The number of fused-ring (bicyclic) bond motifs is 2. The fourth-order valence-electron chi connectivity index (χ4n) is 3.03. The number of rotatable bonds is 6. The summed E-state index contributed by atoms with van der Waals surface area (Å²) in [5.41, 5.74) is 0. The Morgan fingerprint density at radius 3 is 2.59 bits per heavy atom. The molecule has 4 nitrogen and oxygen atoms in total. The van der Waals surface area contributed by atoms with Crippen molar-refractivity contribution in [2.24, 2.45) is 11.8 Å². The quantitative estimate of drug-likeness (QED) is 0.692. The predicted molar refractivity (Wildman–Crippen MR) is 62.6 cm³/mol. The lowest BCUT2D eigenvalue weighted by molar-refractivity contribution is -0.136. The normalized spacial score (nSPS) is 35.8. The molecule has 96 valence electrons. The van der Waals surface area contributed by atoms with E-state index in [1.807, 2.05) is 12.2 Å². The summed E-state index contributed by atoms with van der Waals surface area (Å²) in [5.74, 6) is -0.0659. The van der Waals surface area contributed by atoms with Crippen LogP contribution >= 0.6 is 0 Å². The van der Waals surface area contributed by atoms with Crippen LogP contribution in [0.2, 0.25) is 0 Å². The third-order valence-corrected chi connectivity index (χ3v) is 3.90. The van der Waals surface area contributed by atoms with Crippen molar-refractivity contribution in [3.05, 3.63) is 12.2 Å². The number of aliphatic hydroxyl groups excluding tert-OH is 1. The molecule has 2 N–H and O–H groups in total. The second-order valence-corrected chi connectivity index (χ2v) is 4.94. The number of hydrogen-bond donors (Lipinski definition) is 2. The van der Waals surface area contributed by atoms with Gasteiger partial charge in [0.1, 0.15) is 0 Å². The van der Waals surface area contributed by atoms with Crippen molar-refractivity contribution in [3.63, 3.8) is 0 Å². The first kappa shape index (κ1) is 12.6. The summed E-state index contributed by atoms with van der Waals surface area (Å²) in [5, 5.41) is 17.9. The number of allylic oxidation sites excluding steroid dienone is 2. The minimum absolute atomic E-state index is 0.188. The predicted octanol–water partition coefficient (Wildman–Crippen LogP) is 1.58. The van der Waals surface area contributed by atoms with E-state index in [9.17, 15) is 9.90 Å². The summed E-state index contributed by atoms with van der Waals surface area (Å²) in [6, 6.07) is 0. The van der Waals surface area contributed by atoms with Crippen LogP contribution < -0.4 is 0 Å². The molecule has 0 saturated carbocycles. The number of aliphatic hydroxyl groups is 1. The highest BCUT2D eigenvalue weighted by Crippen LogP contribution is 2.44. The molecule has 0 aromatic carbocycles. The fourth-order valence-corrected chi connectivity index (χ4v) is 3.03. The van der Waals surface area contributed by atoms with Gasteiger partial charge in [-0.15, -0.1) is 0 Å². The summed E-state index contributed by atoms with van der Waals surface area (Å²) in [7, 11) is 0. The Hall–Kier alpha value is -0.870. The van der Waals surface area contributed by atoms with Gasteiger partial charge in [0.15, 0.2) is 0 Å². The Kier molecular flexibility index (Phi) is 4.18. The number of carbonyl (C=O) groups is 1. The first-order chi connectivity index (χ1) is 8.22. The Morgan fingerprint density at radius 1 is 1.24 bits per heavy atom. The van der Waals surface area contributed by atoms with Crippen molar-refractivity contribution >= 4 is 5.97 Å². The van der Waals surface area contributed by atoms with E-state index in [1.54, 1.807) is 0 Å². The number of carboxylic acid groups (broad SMARTS) is 1. The maximum Gasteiger partial charge on any atom is 0.303 e. The number of hydrogen-bond acceptors (Lipinski definition) is 3. The molecule has 2 fully saturated rings. The molecule has 2 aliphatic rings. The topological polar surface area (TPSA) is 66.8 Å². The van der Waals surface area contributed by atoms with Gasteiger partial charge in [0.25, 0.3) is 0 Å². The molecule has 4 atom stereocenters. The molecule has 0 radical (unpaired) electrons. The highest BCUT2D eigenvalue weighted by Gasteiger charge is 2.47. The standard InChI is InChI=1S/C13H20O4/c14-8-10-9(11-6-7-12(10)17-11)4-2-1-3-5-13(15)16/h1-2,9-12,14H,3-8H2,(H,15,16)/t9-,10+,11+,12-/m1/s1. The van der Waals surface area contributed by atoms with Crippen LogP contribution in [0.5, 0.6) is 0 Å². The van der Waals surface area contributed by atoms with Crippen LogP contribution in [-0.2, 0) is 9.53 Å². The minimum atomic E-state index is -0.758. The molecule has 0 aromatic rings. The van der Waals surface area contributed by atoms with Gasteiger partial charge in [0, 0.05) is 18.9 Å². The zero-order chi connectivity index (χ0) is 12.3. The first-order valence-electron chi connectivity index (χ1n) is 6.35. The lowest BCUT2D eigenvalue weighted by Gasteiger charge is -2.25. The molecule has 2 aliphatic heterocycles. The van der Waals surface area contributed by atoms with Crippen LogP contribution in [-0.4, -0.2) is 35.0 Å². The molecule has 0 amide bonds. The molecule has 2 rings (SSSR count). The van der Waals surface area contributed by atoms with Gasteiger partial charge in [0.2, 0.25) is 0 Å². The summed E-state index contributed by atoms with van der Waals surface area (Å²) in [6.07, 6.45) is 8.38. The highest BCUT2D eigenvalue weighted by atomic mass is 16.5. The van der Waals surface area contributed by atoms with Gasteiger partial charge in [-0.1, -0.05) is 12.2 Å². The lowest BCUT2D eigenvalue weighted by atomic mass is 9.78. The maximum absolute atomic E-state index is 10.3. The molecule has 2 bridgehead atoms. The van der Waals surface area contributed by atoms with Gasteiger partial charge in [-0.05, 0) is 31.6 Å². The summed E-state index contributed by atoms with van der Waals surface area (Å²) in [4.78, 5) is 10.3. The second kappa shape index (κ2) is 5.65. The van der Waals surface area contributed by atoms with Crippen LogP contribution in [0, 0.1) is 11.8 Å². The van der Waals surface area contributed by atoms with Crippen LogP contribution in [0.15, 0.2) is 12.2 Å². The Balaban J connectivity index is 1.76. The average Bonchev–Trinajstić information content (AvgIpc) is 2.88. The number of ether oxygens (including phenoxy) is 1. The van der Waals surface area contributed by atoms with Crippen LogP contribution in [0.1, 0.15) is 32.1 Å². The van der Waals surface area contributed by atoms with E-state index < -0.39 is 5.97 Å². The average molecular weight is 240 g/mol. The SMILES string of the molecule is O=C(O)CCC=CC[C@@H]1[C@H](CO)[C@H]2CC[C@@H]1O2. The van der Waals surface area contributed by atoms with Crippen molar-refractivity contribution in [2.45, 2.75) is 44.3 Å². The molecule has 0 spiro atoms. The molecule has 0 unspecified atom stereocenters. The molecule has 17 heavy (non-hydrogen) atoms. The van der Waals surface area contributed by atoms with Gasteiger partial charge in [0.05, 0.1) is 12.2 Å². The smallest absolute Gasteiger partial charge is 0.303 e. The monoisotopic (exact) mass is 240 g/mol. The van der Waals surface area contributed by atoms with Crippen LogP contribution in [0.25, 0.3) is 0 Å². The zero-order valence-electron chi connectivity index (χ0n) is 9.92. The van der Waals surface area contributed by atoms with Crippen molar-refractivity contribution in [3.8, 4) is 0 Å². The van der Waals surface area contributed by atoms with E-state index in [0.29, 0.717) is 18.4 Å². The molecular formula is C13H20O4. The first-order valence-corrected chi connectivity index (χ1v) is 6.35. The fraction of sp³-hybridized carbons (Fsp3) is 0.769. The van der Waals surface area contributed by atoms with E-state index in [0.717, 1.165) is 19.3 Å². The number of carboxylic acids is 1. The van der Waals surface area contributed by atoms with E-state index >= 15 is 0 Å². The zero-order valence-corrected chi connectivity index (χ0v) is 9.92. The van der Waals surface area contributed by atoms with Gasteiger partial charge in [-0.2, -0.15) is 0 Å². The molecule has 2 heterocycles. The molecule has 0 aliphatic carbocycles. The largest absolute Gasteiger partial charge is 0.481 e. The van der Waals surface area contributed by atoms with E-state index in [-0.39, 0.29) is 25.0 Å². The van der Waals surface area contributed by atoms with E-state index in [1.165, 1.54) is 0 Å². The Morgan fingerprint density at radius 2 is 1.94 bits per heavy atom. The minimum Gasteiger partial charge on any atom is -0.481 e. The number of aliphatic carboxylic acids is 1. The summed E-state index contributed by atoms with van der Waals surface area (Å²) < 4.78 is 5.80. The van der Waals surface area contributed by atoms with Crippen molar-refractivity contribution in [1.82, 2.24) is 0 Å². The van der Waals surface area contributed by atoms with Crippen LogP contribution in [0.3, 0.4) is 0 Å². The highest BCUT2D eigenvalue weighted by molar-refractivity contribution is 5.66. The van der Waals surface area contributed by atoms with Crippen LogP contribution in [0.4, 0.5) is 0 Å². The Labute approximate surface area is 101 Å². The van der Waals surface area contributed by atoms with Gasteiger partial charge >= 0.3 is 5.97 Å².